The maximum atomic E-state index is 12.6. The van der Waals surface area contributed by atoms with Gasteiger partial charge in [-0.25, -0.2) is 0 Å². The molecule has 1 amide bonds. The number of amides is 1. The summed E-state index contributed by atoms with van der Waals surface area (Å²) in [5, 5.41) is 12.7. The number of aliphatic hydroxyl groups is 1. The average molecular weight is 485 g/mol. The van der Waals surface area contributed by atoms with Crippen molar-refractivity contribution in [1.29, 1.82) is 0 Å². The zero-order valence-electron chi connectivity index (χ0n) is 21.4. The summed E-state index contributed by atoms with van der Waals surface area (Å²) in [5.74, 6) is 2.05. The lowest BCUT2D eigenvalue weighted by atomic mass is 9.64. The molecule has 5 heteroatoms. The lowest BCUT2D eigenvalue weighted by molar-refractivity contribution is 0.0694. The van der Waals surface area contributed by atoms with E-state index in [2.05, 4.69) is 46.7 Å². The normalized spacial score (nSPS) is 23.9. The van der Waals surface area contributed by atoms with Gasteiger partial charge >= 0.3 is 0 Å². The summed E-state index contributed by atoms with van der Waals surface area (Å²) in [7, 11) is 0. The minimum Gasteiger partial charge on any atom is -0.484 e. The largest absolute Gasteiger partial charge is 0.484 e. The highest BCUT2D eigenvalue weighted by atomic mass is 16.5. The van der Waals surface area contributed by atoms with Crippen molar-refractivity contribution in [2.24, 2.45) is 11.8 Å². The Morgan fingerprint density at radius 1 is 1.08 bits per heavy atom. The molecule has 0 aliphatic heterocycles. The molecule has 5 rings (SSSR count). The number of hydrogen-bond donors (Lipinski definition) is 2. The van der Waals surface area contributed by atoms with Gasteiger partial charge in [0.15, 0.2) is 0 Å². The van der Waals surface area contributed by atoms with Gasteiger partial charge in [0.2, 0.25) is 0 Å². The van der Waals surface area contributed by atoms with Gasteiger partial charge in [-0.05, 0) is 99.4 Å². The van der Waals surface area contributed by atoms with E-state index in [9.17, 15) is 9.90 Å². The fourth-order valence-electron chi connectivity index (χ4n) is 6.23. The molecule has 2 N–H and O–H groups in total. The van der Waals surface area contributed by atoms with E-state index in [1.807, 2.05) is 37.3 Å². The number of benzene rings is 2. The van der Waals surface area contributed by atoms with Crippen molar-refractivity contribution in [2.75, 3.05) is 6.54 Å². The second-order valence-electron chi connectivity index (χ2n) is 11.2. The molecule has 2 bridgehead atoms. The predicted molar refractivity (Wildman–Crippen MR) is 141 cm³/mol. The number of carbonyl (C=O) groups excluding carboxylic acids is 1. The van der Waals surface area contributed by atoms with E-state index < -0.39 is 5.60 Å². The minimum absolute atomic E-state index is 0.0316. The van der Waals surface area contributed by atoms with Gasteiger partial charge in [-0.15, -0.1) is 0 Å². The monoisotopic (exact) mass is 484 g/mol. The van der Waals surface area contributed by atoms with Crippen molar-refractivity contribution in [2.45, 2.75) is 63.6 Å². The Morgan fingerprint density at radius 2 is 1.78 bits per heavy atom. The molecule has 5 nitrogen and oxygen atoms in total. The van der Waals surface area contributed by atoms with Crippen molar-refractivity contribution in [3.8, 4) is 5.75 Å². The molecular weight excluding hydrogens is 448 g/mol. The van der Waals surface area contributed by atoms with Crippen LogP contribution in [0.1, 0.15) is 79.7 Å². The van der Waals surface area contributed by atoms with Crippen LogP contribution >= 0.6 is 0 Å². The van der Waals surface area contributed by atoms with Crippen LogP contribution in [0.4, 0.5) is 0 Å². The molecule has 36 heavy (non-hydrogen) atoms. The average Bonchev–Trinajstić information content (AvgIpc) is 3.50. The lowest BCUT2D eigenvalue weighted by Crippen LogP contribution is -2.38. The standard InChI is InChI=1S/C31H36N2O3/c1-21(28-6-4-5-17-32-28)36-27-15-13-25(14-16-27)31(19-22-7-10-26(31)18-22)24-11-8-23(9-12-24)29(34)33-20-30(2,3)35/h4-6,8-9,11-17,21-22,26,35H,7,10,18-20H2,1-3H3,(H,33,34)/t21?,22-,26+,31+/m1/s1. The van der Waals surface area contributed by atoms with Crippen molar-refractivity contribution in [3.63, 3.8) is 0 Å². The molecule has 4 atom stereocenters. The molecule has 0 radical (unpaired) electrons. The Kier molecular flexibility index (Phi) is 6.60. The van der Waals surface area contributed by atoms with Gasteiger partial charge in [0.25, 0.3) is 5.91 Å². The third-order valence-electron chi connectivity index (χ3n) is 7.98. The molecule has 1 heterocycles. The summed E-state index contributed by atoms with van der Waals surface area (Å²) in [6, 6.07) is 22.6. The third kappa shape index (κ3) is 4.90. The smallest absolute Gasteiger partial charge is 0.251 e. The first-order valence-corrected chi connectivity index (χ1v) is 13.0. The molecular formula is C31H36N2O3. The maximum Gasteiger partial charge on any atom is 0.251 e. The predicted octanol–water partition coefficient (Wildman–Crippen LogP) is 5.83. The van der Waals surface area contributed by atoms with E-state index in [1.165, 1.54) is 30.4 Å². The maximum absolute atomic E-state index is 12.6. The number of aromatic nitrogens is 1. The summed E-state index contributed by atoms with van der Waals surface area (Å²) in [6.07, 6.45) is 6.64. The van der Waals surface area contributed by atoms with Gasteiger partial charge in [0.05, 0.1) is 11.3 Å². The lowest BCUT2D eigenvalue weighted by Gasteiger charge is -2.39. The van der Waals surface area contributed by atoms with Crippen LogP contribution in [0.15, 0.2) is 72.9 Å². The molecule has 2 fully saturated rings. The fraction of sp³-hybridized carbons (Fsp3) is 0.419. The van der Waals surface area contributed by atoms with E-state index in [1.54, 1.807) is 20.0 Å². The van der Waals surface area contributed by atoms with Crippen molar-refractivity contribution < 1.29 is 14.6 Å². The van der Waals surface area contributed by atoms with Gasteiger partial charge in [-0.2, -0.15) is 0 Å². The first-order valence-electron chi connectivity index (χ1n) is 13.0. The molecule has 0 spiro atoms. The second-order valence-corrected chi connectivity index (χ2v) is 11.2. The van der Waals surface area contributed by atoms with Crippen LogP contribution in [0.2, 0.25) is 0 Å². The van der Waals surface area contributed by atoms with E-state index in [0.29, 0.717) is 11.5 Å². The Hall–Kier alpha value is -3.18. The van der Waals surface area contributed by atoms with Crippen LogP contribution < -0.4 is 10.1 Å². The van der Waals surface area contributed by atoms with Crippen molar-refractivity contribution in [3.05, 3.63) is 95.3 Å². The van der Waals surface area contributed by atoms with Crippen LogP contribution in [-0.2, 0) is 5.41 Å². The van der Waals surface area contributed by atoms with E-state index in [-0.39, 0.29) is 24.0 Å². The number of ether oxygens (including phenoxy) is 1. The summed E-state index contributed by atoms with van der Waals surface area (Å²) in [4.78, 5) is 17.0. The highest BCUT2D eigenvalue weighted by Gasteiger charge is 2.52. The third-order valence-corrected chi connectivity index (χ3v) is 7.98. The van der Waals surface area contributed by atoms with E-state index in [4.69, 9.17) is 4.74 Å². The highest BCUT2D eigenvalue weighted by molar-refractivity contribution is 5.94. The van der Waals surface area contributed by atoms with Gasteiger partial charge < -0.3 is 15.2 Å². The topological polar surface area (TPSA) is 71.5 Å². The quantitative estimate of drug-likeness (QED) is 0.422. The SMILES string of the molecule is CC(Oc1ccc([C@@]2(c3ccc(C(=O)NCC(C)(C)O)cc3)C[C@@H]3CC[C@H]2C3)cc1)c1ccccn1. The van der Waals surface area contributed by atoms with Gasteiger partial charge in [0, 0.05) is 23.7 Å². The van der Waals surface area contributed by atoms with Gasteiger partial charge in [-0.3, -0.25) is 9.78 Å². The van der Waals surface area contributed by atoms with E-state index >= 15 is 0 Å². The number of carbonyl (C=O) groups is 1. The Labute approximate surface area is 213 Å². The van der Waals surface area contributed by atoms with E-state index in [0.717, 1.165) is 23.8 Å². The summed E-state index contributed by atoms with van der Waals surface area (Å²) in [6.45, 7) is 5.61. The molecule has 0 saturated heterocycles. The molecule has 2 aliphatic carbocycles. The zero-order valence-corrected chi connectivity index (χ0v) is 21.4. The number of fused-ring (bicyclic) bond motifs is 2. The number of nitrogens with one attached hydrogen (secondary N) is 1. The van der Waals surface area contributed by atoms with Crippen LogP contribution in [0, 0.1) is 11.8 Å². The minimum atomic E-state index is -0.936. The first kappa shape index (κ1) is 24.5. The van der Waals surface area contributed by atoms with Gasteiger partial charge in [0.1, 0.15) is 11.9 Å². The van der Waals surface area contributed by atoms with Crippen molar-refractivity contribution >= 4 is 5.91 Å². The Morgan fingerprint density at radius 3 is 2.33 bits per heavy atom. The Bertz CT molecular complexity index is 1190. The van der Waals surface area contributed by atoms with Crippen LogP contribution in [0.3, 0.4) is 0 Å². The summed E-state index contributed by atoms with van der Waals surface area (Å²) < 4.78 is 6.18. The molecule has 188 valence electrons. The summed E-state index contributed by atoms with van der Waals surface area (Å²) >= 11 is 0. The molecule has 3 aromatic rings. The molecule has 2 aliphatic rings. The highest BCUT2D eigenvalue weighted by Crippen LogP contribution is 2.60. The molecule has 2 saturated carbocycles. The molecule has 1 unspecified atom stereocenters. The first-order chi connectivity index (χ1) is 17.2. The van der Waals surface area contributed by atoms with Crippen LogP contribution in [0.5, 0.6) is 5.75 Å². The fourth-order valence-corrected chi connectivity index (χ4v) is 6.23. The molecule has 1 aromatic heterocycles. The Balaban J connectivity index is 1.38. The molecule has 2 aromatic carbocycles. The van der Waals surface area contributed by atoms with Crippen molar-refractivity contribution in [1.82, 2.24) is 10.3 Å². The second kappa shape index (κ2) is 9.70. The van der Waals surface area contributed by atoms with Crippen LogP contribution in [-0.4, -0.2) is 28.1 Å². The number of pyridine rings is 1. The number of nitrogens with zero attached hydrogens (tertiary/aromatic N) is 1. The number of hydrogen-bond acceptors (Lipinski definition) is 4. The number of rotatable bonds is 8. The van der Waals surface area contributed by atoms with Gasteiger partial charge in [-0.1, -0.05) is 36.8 Å². The zero-order chi connectivity index (χ0) is 25.3. The van der Waals surface area contributed by atoms with Crippen LogP contribution in [0.25, 0.3) is 0 Å². The summed E-state index contributed by atoms with van der Waals surface area (Å²) in [5.41, 5.74) is 3.17.